The summed E-state index contributed by atoms with van der Waals surface area (Å²) in [6, 6.07) is 1.97. The lowest BCUT2D eigenvalue weighted by atomic mass is 10.2. The minimum Gasteiger partial charge on any atom is -0.326 e. The first-order chi connectivity index (χ1) is 8.86. The van der Waals surface area contributed by atoms with E-state index in [-0.39, 0.29) is 6.04 Å². The molecule has 0 saturated heterocycles. The molecular weight excluding hydrogens is 280 g/mol. The summed E-state index contributed by atoms with van der Waals surface area (Å²) in [4.78, 5) is 0.957. The molecule has 6 heteroatoms. The summed E-state index contributed by atoms with van der Waals surface area (Å²) in [5, 5.41) is 0. The summed E-state index contributed by atoms with van der Waals surface area (Å²) in [5.41, 5.74) is 6.62. The molecule has 1 saturated carbocycles. The van der Waals surface area contributed by atoms with E-state index in [1.165, 1.54) is 11.3 Å². The van der Waals surface area contributed by atoms with Crippen LogP contribution in [0.1, 0.15) is 37.1 Å². The fourth-order valence-electron chi connectivity index (χ4n) is 2.10. The van der Waals surface area contributed by atoms with Crippen molar-refractivity contribution in [2.75, 3.05) is 6.54 Å². The minimum atomic E-state index is -3.35. The minimum absolute atomic E-state index is 0.205. The van der Waals surface area contributed by atoms with Crippen LogP contribution in [0.15, 0.2) is 10.3 Å². The number of sulfonamides is 1. The van der Waals surface area contributed by atoms with Crippen LogP contribution < -0.4 is 5.73 Å². The van der Waals surface area contributed by atoms with Gasteiger partial charge in [0.25, 0.3) is 10.0 Å². The van der Waals surface area contributed by atoms with Crippen molar-refractivity contribution in [2.45, 2.75) is 50.4 Å². The smallest absolute Gasteiger partial charge is 0.252 e. The molecule has 108 valence electrons. The average Bonchev–Trinajstić information content (AvgIpc) is 3.08. The molecule has 0 radical (unpaired) electrons. The van der Waals surface area contributed by atoms with Crippen LogP contribution >= 0.6 is 11.3 Å². The first kappa shape index (κ1) is 15.0. The molecular formula is C13H22N2O2S2. The second-order valence-corrected chi connectivity index (χ2v) is 8.83. The van der Waals surface area contributed by atoms with Gasteiger partial charge in [0.2, 0.25) is 0 Å². The predicted molar refractivity (Wildman–Crippen MR) is 78.7 cm³/mol. The number of thiophene rings is 1. The van der Waals surface area contributed by atoms with Crippen LogP contribution in [-0.2, 0) is 16.6 Å². The largest absolute Gasteiger partial charge is 0.326 e. The molecule has 2 rings (SSSR count). The molecule has 0 bridgehead atoms. The average molecular weight is 302 g/mol. The molecule has 4 nitrogen and oxygen atoms in total. The van der Waals surface area contributed by atoms with Crippen molar-refractivity contribution in [3.63, 3.8) is 0 Å². The van der Waals surface area contributed by atoms with Gasteiger partial charge < -0.3 is 5.73 Å². The summed E-state index contributed by atoms with van der Waals surface area (Å²) >= 11 is 1.31. The lowest BCUT2D eigenvalue weighted by Crippen LogP contribution is -2.35. The van der Waals surface area contributed by atoms with E-state index in [9.17, 15) is 8.42 Å². The fourth-order valence-corrected chi connectivity index (χ4v) is 5.55. The van der Waals surface area contributed by atoms with Crippen molar-refractivity contribution < 1.29 is 8.42 Å². The van der Waals surface area contributed by atoms with Crippen LogP contribution in [-0.4, -0.2) is 25.3 Å². The molecule has 0 atom stereocenters. The standard InChI is InChI=1S/C13H22N2O2S2/c1-9(2)8-15(11-4-5-11)19(16,17)13-6-10(3)12(7-14)18-13/h6,9,11H,4-5,7-8,14H2,1-3H3. The fraction of sp³-hybridized carbons (Fsp3) is 0.692. The van der Waals surface area contributed by atoms with E-state index in [0.717, 1.165) is 23.3 Å². The Balaban J connectivity index is 2.32. The number of rotatable bonds is 6. The van der Waals surface area contributed by atoms with Crippen LogP contribution in [0.5, 0.6) is 0 Å². The highest BCUT2D eigenvalue weighted by Gasteiger charge is 2.39. The number of aryl methyl sites for hydroxylation is 1. The van der Waals surface area contributed by atoms with Gasteiger partial charge in [-0.3, -0.25) is 0 Å². The highest BCUT2D eigenvalue weighted by Crippen LogP contribution is 2.35. The SMILES string of the molecule is Cc1cc(S(=O)(=O)N(CC(C)C)C2CC2)sc1CN. The van der Waals surface area contributed by atoms with Crippen molar-refractivity contribution >= 4 is 21.4 Å². The third-order valence-corrected chi connectivity index (χ3v) is 6.87. The van der Waals surface area contributed by atoms with Crippen LogP contribution in [0, 0.1) is 12.8 Å². The van der Waals surface area contributed by atoms with Gasteiger partial charge in [-0.25, -0.2) is 8.42 Å². The number of hydrogen-bond acceptors (Lipinski definition) is 4. The summed E-state index contributed by atoms with van der Waals surface area (Å²) in [6.45, 7) is 7.02. The van der Waals surface area contributed by atoms with Gasteiger partial charge in [-0.15, -0.1) is 11.3 Å². The maximum absolute atomic E-state index is 12.7. The highest BCUT2D eigenvalue weighted by atomic mass is 32.2. The van der Waals surface area contributed by atoms with E-state index in [1.807, 2.05) is 6.92 Å². The Morgan fingerprint density at radius 2 is 2.11 bits per heavy atom. The topological polar surface area (TPSA) is 63.4 Å². The Morgan fingerprint density at radius 3 is 2.53 bits per heavy atom. The predicted octanol–water partition coefficient (Wildman–Crippen LogP) is 2.32. The Kier molecular flexibility index (Phi) is 4.35. The van der Waals surface area contributed by atoms with Crippen LogP contribution in [0.4, 0.5) is 0 Å². The molecule has 2 N–H and O–H groups in total. The van der Waals surface area contributed by atoms with E-state index in [1.54, 1.807) is 10.4 Å². The van der Waals surface area contributed by atoms with Crippen molar-refractivity contribution in [3.8, 4) is 0 Å². The summed E-state index contributed by atoms with van der Waals surface area (Å²) in [6.07, 6.45) is 1.97. The monoisotopic (exact) mass is 302 g/mol. The van der Waals surface area contributed by atoms with Crippen LogP contribution in [0.25, 0.3) is 0 Å². The van der Waals surface area contributed by atoms with Gasteiger partial charge in [-0.05, 0) is 37.3 Å². The maximum atomic E-state index is 12.7. The van der Waals surface area contributed by atoms with E-state index >= 15 is 0 Å². The van der Waals surface area contributed by atoms with Crippen molar-refractivity contribution in [3.05, 3.63) is 16.5 Å². The van der Waals surface area contributed by atoms with E-state index < -0.39 is 10.0 Å². The van der Waals surface area contributed by atoms with Gasteiger partial charge >= 0.3 is 0 Å². The Hall–Kier alpha value is -0.430. The van der Waals surface area contributed by atoms with Crippen molar-refractivity contribution in [1.82, 2.24) is 4.31 Å². The van der Waals surface area contributed by atoms with Gasteiger partial charge in [0, 0.05) is 24.0 Å². The molecule has 1 aromatic heterocycles. The van der Waals surface area contributed by atoms with E-state index in [4.69, 9.17) is 5.73 Å². The number of hydrogen-bond donors (Lipinski definition) is 1. The number of nitrogens with two attached hydrogens (primary N) is 1. The second kappa shape index (κ2) is 5.52. The van der Waals surface area contributed by atoms with Crippen LogP contribution in [0.2, 0.25) is 0 Å². The van der Waals surface area contributed by atoms with E-state index in [0.29, 0.717) is 23.2 Å². The first-order valence-corrected chi connectivity index (χ1v) is 8.93. The second-order valence-electron chi connectivity index (χ2n) is 5.58. The van der Waals surface area contributed by atoms with Gasteiger partial charge in [-0.1, -0.05) is 13.8 Å². The normalized spacial score (nSPS) is 16.5. The molecule has 0 unspecified atom stereocenters. The van der Waals surface area contributed by atoms with E-state index in [2.05, 4.69) is 13.8 Å². The Labute approximate surface area is 119 Å². The first-order valence-electron chi connectivity index (χ1n) is 6.67. The molecule has 19 heavy (non-hydrogen) atoms. The third-order valence-electron chi connectivity index (χ3n) is 3.25. The van der Waals surface area contributed by atoms with Gasteiger partial charge in [0.15, 0.2) is 0 Å². The Morgan fingerprint density at radius 1 is 1.47 bits per heavy atom. The van der Waals surface area contributed by atoms with Crippen LogP contribution in [0.3, 0.4) is 0 Å². The molecule has 1 aliphatic carbocycles. The highest BCUT2D eigenvalue weighted by molar-refractivity contribution is 7.91. The van der Waals surface area contributed by atoms with Gasteiger partial charge in [0.05, 0.1) is 0 Å². The van der Waals surface area contributed by atoms with Gasteiger partial charge in [0.1, 0.15) is 4.21 Å². The maximum Gasteiger partial charge on any atom is 0.252 e. The zero-order valence-electron chi connectivity index (χ0n) is 11.7. The molecule has 0 amide bonds. The summed E-state index contributed by atoms with van der Waals surface area (Å²) < 4.78 is 27.6. The molecule has 0 aliphatic heterocycles. The molecule has 1 aliphatic rings. The zero-order chi connectivity index (χ0) is 14.2. The zero-order valence-corrected chi connectivity index (χ0v) is 13.4. The lowest BCUT2D eigenvalue weighted by molar-refractivity contribution is 0.361. The van der Waals surface area contributed by atoms with Gasteiger partial charge in [-0.2, -0.15) is 4.31 Å². The summed E-state index contributed by atoms with van der Waals surface area (Å²) in [5.74, 6) is 0.338. The molecule has 1 heterocycles. The quantitative estimate of drug-likeness (QED) is 0.877. The molecule has 1 aromatic rings. The molecule has 1 fully saturated rings. The summed E-state index contributed by atoms with van der Waals surface area (Å²) in [7, 11) is -3.35. The number of nitrogens with zero attached hydrogens (tertiary/aromatic N) is 1. The third kappa shape index (κ3) is 3.18. The Bertz CT molecular complexity index is 545. The molecule has 0 spiro atoms. The van der Waals surface area contributed by atoms with Crippen molar-refractivity contribution in [2.24, 2.45) is 11.7 Å². The lowest BCUT2D eigenvalue weighted by Gasteiger charge is -2.22. The van der Waals surface area contributed by atoms with Crippen molar-refractivity contribution in [1.29, 1.82) is 0 Å². The molecule has 0 aromatic carbocycles.